The molecule has 0 spiro atoms. The van der Waals surface area contributed by atoms with E-state index >= 15 is 0 Å². The van der Waals surface area contributed by atoms with E-state index in [9.17, 15) is 14.4 Å². The standard InChI is InChI=1S/C21H30N2O5/c1-4-28-18-8-6-17(15-19(18)27-3)7-10-21(26)23-13-11-22(12-14-23)20(25)9-5-16(2)24/h6,8,15H,4-5,7,9-14H2,1-3H3. The Balaban J connectivity index is 1.80. The van der Waals surface area contributed by atoms with Crippen molar-refractivity contribution in [1.29, 1.82) is 0 Å². The van der Waals surface area contributed by atoms with E-state index in [4.69, 9.17) is 9.47 Å². The van der Waals surface area contributed by atoms with Gasteiger partial charge in [0.15, 0.2) is 11.5 Å². The molecule has 1 aromatic carbocycles. The summed E-state index contributed by atoms with van der Waals surface area (Å²) in [4.78, 5) is 39.1. The topological polar surface area (TPSA) is 76.2 Å². The molecule has 2 rings (SSSR count). The van der Waals surface area contributed by atoms with E-state index in [-0.39, 0.29) is 30.4 Å². The number of hydrogen-bond donors (Lipinski definition) is 0. The van der Waals surface area contributed by atoms with Crippen LogP contribution in [0.3, 0.4) is 0 Å². The highest BCUT2D eigenvalue weighted by atomic mass is 16.5. The van der Waals surface area contributed by atoms with Crippen LogP contribution in [-0.4, -0.2) is 67.3 Å². The van der Waals surface area contributed by atoms with Crippen LogP contribution < -0.4 is 9.47 Å². The molecule has 7 heteroatoms. The predicted molar refractivity (Wildman–Crippen MR) is 106 cm³/mol. The second kappa shape index (κ2) is 10.7. The number of Topliss-reactive ketones (excluding diaryl/α,β-unsaturated/α-hetero) is 1. The summed E-state index contributed by atoms with van der Waals surface area (Å²) < 4.78 is 10.9. The van der Waals surface area contributed by atoms with Crippen LogP contribution in [0, 0.1) is 0 Å². The molecule has 0 unspecified atom stereocenters. The van der Waals surface area contributed by atoms with E-state index < -0.39 is 0 Å². The Bertz CT molecular complexity index is 696. The van der Waals surface area contributed by atoms with Gasteiger partial charge < -0.3 is 24.1 Å². The molecular weight excluding hydrogens is 360 g/mol. The summed E-state index contributed by atoms with van der Waals surface area (Å²) in [5, 5.41) is 0. The van der Waals surface area contributed by atoms with Crippen LogP contribution in [0.4, 0.5) is 0 Å². The van der Waals surface area contributed by atoms with Gasteiger partial charge in [0.05, 0.1) is 13.7 Å². The first-order valence-corrected chi connectivity index (χ1v) is 9.79. The van der Waals surface area contributed by atoms with Crippen molar-refractivity contribution in [3.63, 3.8) is 0 Å². The summed E-state index contributed by atoms with van der Waals surface area (Å²) in [5.74, 6) is 1.47. The molecule has 7 nitrogen and oxygen atoms in total. The number of ether oxygens (including phenoxy) is 2. The van der Waals surface area contributed by atoms with Crippen molar-refractivity contribution >= 4 is 17.6 Å². The fourth-order valence-electron chi connectivity index (χ4n) is 3.20. The second-order valence-corrected chi connectivity index (χ2v) is 6.88. The van der Waals surface area contributed by atoms with Crippen molar-refractivity contribution in [2.45, 2.75) is 39.5 Å². The number of aryl methyl sites for hydroxylation is 1. The third-order valence-electron chi connectivity index (χ3n) is 4.83. The normalized spacial score (nSPS) is 14.0. The number of rotatable bonds is 9. The molecule has 28 heavy (non-hydrogen) atoms. The van der Waals surface area contributed by atoms with E-state index in [1.807, 2.05) is 25.1 Å². The minimum absolute atomic E-state index is 0.0104. The quantitative estimate of drug-likeness (QED) is 0.645. The van der Waals surface area contributed by atoms with Gasteiger partial charge in [-0.1, -0.05) is 6.07 Å². The molecule has 1 fully saturated rings. The number of amides is 2. The molecule has 154 valence electrons. The number of nitrogens with zero attached hydrogens (tertiary/aromatic N) is 2. The van der Waals surface area contributed by atoms with Crippen molar-refractivity contribution in [1.82, 2.24) is 9.80 Å². The molecule has 2 amide bonds. The summed E-state index contributed by atoms with van der Waals surface area (Å²) in [6.07, 6.45) is 1.57. The fraction of sp³-hybridized carbons (Fsp3) is 0.571. The Morgan fingerprint density at radius 2 is 1.54 bits per heavy atom. The van der Waals surface area contributed by atoms with Crippen LogP contribution >= 0.6 is 0 Å². The Hall–Kier alpha value is -2.57. The molecule has 1 aromatic rings. The third-order valence-corrected chi connectivity index (χ3v) is 4.83. The van der Waals surface area contributed by atoms with Gasteiger partial charge >= 0.3 is 0 Å². The zero-order valence-corrected chi connectivity index (χ0v) is 17.0. The zero-order chi connectivity index (χ0) is 20.5. The van der Waals surface area contributed by atoms with Crippen LogP contribution in [0.1, 0.15) is 38.7 Å². The molecule has 0 saturated carbocycles. The predicted octanol–water partition coefficient (Wildman–Crippen LogP) is 2.07. The van der Waals surface area contributed by atoms with Crippen LogP contribution in [0.5, 0.6) is 11.5 Å². The first kappa shape index (κ1) is 21.7. The average molecular weight is 390 g/mol. The number of carbonyl (C=O) groups excluding carboxylic acids is 3. The van der Waals surface area contributed by atoms with Gasteiger partial charge in [0.1, 0.15) is 5.78 Å². The lowest BCUT2D eigenvalue weighted by molar-refractivity contribution is -0.140. The molecule has 0 aliphatic carbocycles. The molecule has 0 aromatic heterocycles. The lowest BCUT2D eigenvalue weighted by atomic mass is 10.1. The van der Waals surface area contributed by atoms with Gasteiger partial charge in [-0.2, -0.15) is 0 Å². The first-order valence-electron chi connectivity index (χ1n) is 9.79. The maximum atomic E-state index is 12.5. The lowest BCUT2D eigenvalue weighted by Crippen LogP contribution is -2.50. The molecule has 1 aliphatic heterocycles. The van der Waals surface area contributed by atoms with Crippen molar-refractivity contribution in [3.8, 4) is 11.5 Å². The Labute approximate surface area is 166 Å². The highest BCUT2D eigenvalue weighted by Crippen LogP contribution is 2.28. The molecular formula is C21H30N2O5. The highest BCUT2D eigenvalue weighted by Gasteiger charge is 2.23. The summed E-state index contributed by atoms with van der Waals surface area (Å²) in [6.45, 7) is 6.11. The van der Waals surface area contributed by atoms with E-state index in [0.717, 1.165) is 5.56 Å². The molecule has 1 saturated heterocycles. The van der Waals surface area contributed by atoms with E-state index in [0.29, 0.717) is 57.1 Å². The zero-order valence-electron chi connectivity index (χ0n) is 17.0. The first-order chi connectivity index (χ1) is 13.4. The van der Waals surface area contributed by atoms with Gasteiger partial charge in [0.25, 0.3) is 0 Å². The smallest absolute Gasteiger partial charge is 0.223 e. The van der Waals surface area contributed by atoms with Crippen LogP contribution in [0.25, 0.3) is 0 Å². The van der Waals surface area contributed by atoms with Crippen LogP contribution in [0.15, 0.2) is 18.2 Å². The average Bonchev–Trinajstić information content (AvgIpc) is 2.71. The van der Waals surface area contributed by atoms with Gasteiger partial charge in [-0.3, -0.25) is 9.59 Å². The fourth-order valence-corrected chi connectivity index (χ4v) is 3.20. The molecule has 0 radical (unpaired) electrons. The Morgan fingerprint density at radius 1 is 0.929 bits per heavy atom. The molecule has 1 heterocycles. The van der Waals surface area contributed by atoms with E-state index in [1.165, 1.54) is 6.92 Å². The Morgan fingerprint density at radius 3 is 2.07 bits per heavy atom. The van der Waals surface area contributed by atoms with Gasteiger partial charge in [-0.15, -0.1) is 0 Å². The van der Waals surface area contributed by atoms with Crippen molar-refractivity contribution < 1.29 is 23.9 Å². The highest BCUT2D eigenvalue weighted by molar-refractivity contribution is 5.84. The molecule has 0 N–H and O–H groups in total. The number of methoxy groups -OCH3 is 1. The van der Waals surface area contributed by atoms with Crippen molar-refractivity contribution in [3.05, 3.63) is 23.8 Å². The summed E-state index contributed by atoms with van der Waals surface area (Å²) in [7, 11) is 1.60. The van der Waals surface area contributed by atoms with Crippen molar-refractivity contribution in [2.75, 3.05) is 39.9 Å². The minimum Gasteiger partial charge on any atom is -0.493 e. The maximum absolute atomic E-state index is 12.5. The SMILES string of the molecule is CCOc1ccc(CCC(=O)N2CCN(C(=O)CCC(C)=O)CC2)cc1OC. The summed E-state index contributed by atoms with van der Waals surface area (Å²) in [6, 6.07) is 5.73. The van der Waals surface area contributed by atoms with Gasteiger partial charge in [-0.05, 0) is 38.0 Å². The summed E-state index contributed by atoms with van der Waals surface area (Å²) in [5.41, 5.74) is 1.02. The number of carbonyl (C=O) groups is 3. The number of piperazine rings is 1. The maximum Gasteiger partial charge on any atom is 0.223 e. The second-order valence-electron chi connectivity index (χ2n) is 6.88. The third kappa shape index (κ3) is 6.25. The van der Waals surface area contributed by atoms with Crippen molar-refractivity contribution in [2.24, 2.45) is 0 Å². The molecule has 0 atom stereocenters. The lowest BCUT2D eigenvalue weighted by Gasteiger charge is -2.35. The number of ketones is 1. The van der Waals surface area contributed by atoms with E-state index in [1.54, 1.807) is 16.9 Å². The minimum atomic E-state index is -0.0104. The molecule has 0 bridgehead atoms. The van der Waals surface area contributed by atoms with E-state index in [2.05, 4.69) is 0 Å². The van der Waals surface area contributed by atoms with Gasteiger partial charge in [0.2, 0.25) is 11.8 Å². The number of benzene rings is 1. The van der Waals surface area contributed by atoms with Crippen LogP contribution in [0.2, 0.25) is 0 Å². The molecule has 1 aliphatic rings. The van der Waals surface area contributed by atoms with Gasteiger partial charge in [-0.25, -0.2) is 0 Å². The number of hydrogen-bond acceptors (Lipinski definition) is 5. The largest absolute Gasteiger partial charge is 0.493 e. The van der Waals surface area contributed by atoms with Crippen LogP contribution in [-0.2, 0) is 20.8 Å². The monoisotopic (exact) mass is 390 g/mol. The van der Waals surface area contributed by atoms with Gasteiger partial charge in [0, 0.05) is 45.4 Å². The summed E-state index contributed by atoms with van der Waals surface area (Å²) >= 11 is 0. The Kier molecular flexibility index (Phi) is 8.29.